The molecule has 1 saturated carbocycles. The Hall–Kier alpha value is -3.08. The number of amides is 1. The van der Waals surface area contributed by atoms with Gasteiger partial charge in [0.25, 0.3) is 11.5 Å². The Morgan fingerprint density at radius 3 is 2.57 bits per heavy atom. The molecule has 1 aliphatic heterocycles. The van der Waals surface area contributed by atoms with Crippen LogP contribution in [0.2, 0.25) is 0 Å². The molecule has 3 atom stereocenters. The zero-order chi connectivity index (χ0) is 21.5. The number of benzene rings is 1. The Bertz CT molecular complexity index is 983. The van der Waals surface area contributed by atoms with Crippen LogP contribution in [0.25, 0.3) is 0 Å². The first kappa shape index (κ1) is 20.2. The summed E-state index contributed by atoms with van der Waals surface area (Å²) in [5.74, 6) is 0.445. The number of carbonyl (C=O) groups is 1. The van der Waals surface area contributed by atoms with Crippen molar-refractivity contribution < 1.29 is 27.8 Å². The van der Waals surface area contributed by atoms with Crippen LogP contribution in [-0.2, 0) is 0 Å². The number of hydrogen-bond donors (Lipinski definition) is 3. The number of H-pyrrole nitrogens is 1. The zero-order valence-corrected chi connectivity index (χ0v) is 15.6. The van der Waals surface area contributed by atoms with Crippen molar-refractivity contribution in [2.45, 2.75) is 18.8 Å². The van der Waals surface area contributed by atoms with Crippen molar-refractivity contribution in [1.29, 1.82) is 0 Å². The lowest BCUT2D eigenvalue weighted by Crippen LogP contribution is -2.33. The number of halogens is 3. The molecule has 0 bridgehead atoms. The number of aliphatic hydroxyl groups is 1. The third-order valence-corrected chi connectivity index (χ3v) is 5.24. The van der Waals surface area contributed by atoms with Gasteiger partial charge in [-0.3, -0.25) is 14.6 Å². The fraction of sp³-hybridized carbons (Fsp3) is 0.421. The van der Waals surface area contributed by atoms with Crippen LogP contribution < -0.4 is 20.5 Å². The summed E-state index contributed by atoms with van der Waals surface area (Å²) in [4.78, 5) is 33.4. The van der Waals surface area contributed by atoms with E-state index in [0.717, 1.165) is 31.3 Å². The van der Waals surface area contributed by atoms with E-state index in [1.807, 2.05) is 4.90 Å². The van der Waals surface area contributed by atoms with Crippen LogP contribution in [-0.4, -0.2) is 47.0 Å². The predicted octanol–water partition coefficient (Wildman–Crippen LogP) is 1.59. The lowest BCUT2D eigenvalue weighted by Gasteiger charge is -2.20. The van der Waals surface area contributed by atoms with Gasteiger partial charge < -0.3 is 20.1 Å². The number of aliphatic hydroxyl groups excluding tert-OH is 1. The van der Waals surface area contributed by atoms with Crippen LogP contribution in [0.5, 0.6) is 5.75 Å². The van der Waals surface area contributed by atoms with Gasteiger partial charge in [0.1, 0.15) is 11.4 Å². The molecule has 30 heavy (non-hydrogen) atoms. The number of rotatable bonds is 6. The molecule has 0 radical (unpaired) electrons. The third kappa shape index (κ3) is 4.56. The Morgan fingerprint density at radius 1 is 1.30 bits per heavy atom. The van der Waals surface area contributed by atoms with E-state index in [0.29, 0.717) is 23.3 Å². The molecule has 1 aliphatic carbocycles. The van der Waals surface area contributed by atoms with Crippen LogP contribution >= 0.6 is 0 Å². The number of aromatic nitrogens is 2. The molecular weight excluding hydrogens is 405 g/mol. The number of anilines is 1. The van der Waals surface area contributed by atoms with Crippen LogP contribution in [0.15, 0.2) is 35.1 Å². The lowest BCUT2D eigenvalue weighted by molar-refractivity contribution is -0.274. The van der Waals surface area contributed by atoms with Gasteiger partial charge >= 0.3 is 6.36 Å². The largest absolute Gasteiger partial charge is 0.573 e. The highest BCUT2D eigenvalue weighted by Gasteiger charge is 2.45. The van der Waals surface area contributed by atoms with Crippen LogP contribution in [0, 0.1) is 11.8 Å². The molecule has 160 valence electrons. The fourth-order valence-electron chi connectivity index (χ4n) is 3.65. The van der Waals surface area contributed by atoms with Gasteiger partial charge in [-0.15, -0.1) is 13.2 Å². The molecule has 2 heterocycles. The molecule has 2 fully saturated rings. The van der Waals surface area contributed by atoms with Crippen molar-refractivity contribution in [3.8, 4) is 5.75 Å². The minimum Gasteiger partial charge on any atom is -0.406 e. The Kier molecular flexibility index (Phi) is 5.14. The normalized spacial score (nSPS) is 21.1. The molecule has 1 amide bonds. The summed E-state index contributed by atoms with van der Waals surface area (Å²) < 4.78 is 40.6. The summed E-state index contributed by atoms with van der Waals surface area (Å²) in [6, 6.07) is 4.93. The van der Waals surface area contributed by atoms with E-state index in [1.54, 1.807) is 0 Å². The lowest BCUT2D eigenvalue weighted by atomic mass is 10.1. The van der Waals surface area contributed by atoms with E-state index in [-0.39, 0.29) is 5.69 Å². The summed E-state index contributed by atoms with van der Waals surface area (Å²) >= 11 is 0. The topological polar surface area (TPSA) is 108 Å². The number of piperidine rings is 1. The highest BCUT2D eigenvalue weighted by molar-refractivity contribution is 5.92. The van der Waals surface area contributed by atoms with Crippen molar-refractivity contribution in [2.24, 2.45) is 11.8 Å². The molecule has 2 aromatic rings. The highest BCUT2D eigenvalue weighted by atomic mass is 19.4. The monoisotopic (exact) mass is 424 g/mol. The highest BCUT2D eigenvalue weighted by Crippen LogP contribution is 2.45. The van der Waals surface area contributed by atoms with Crippen LogP contribution in [0.3, 0.4) is 0 Å². The summed E-state index contributed by atoms with van der Waals surface area (Å²) in [6.45, 7) is 1.06. The Labute approximate surface area is 168 Å². The molecule has 4 rings (SSSR count). The molecule has 0 spiro atoms. The molecule has 8 nitrogen and oxygen atoms in total. The molecule has 3 N–H and O–H groups in total. The van der Waals surface area contributed by atoms with Crippen molar-refractivity contribution in [2.75, 3.05) is 24.6 Å². The third-order valence-electron chi connectivity index (χ3n) is 5.24. The van der Waals surface area contributed by atoms with E-state index >= 15 is 0 Å². The maximum atomic E-state index is 12.6. The first-order chi connectivity index (χ1) is 14.2. The molecular formula is C19H19F3N4O4. The summed E-state index contributed by atoms with van der Waals surface area (Å²) in [5.41, 5.74) is -0.213. The number of nitrogens with one attached hydrogen (secondary N) is 2. The minimum atomic E-state index is -4.81. The van der Waals surface area contributed by atoms with Gasteiger partial charge in [-0.2, -0.15) is 0 Å². The number of aromatic amines is 1. The molecule has 2 aliphatic rings. The van der Waals surface area contributed by atoms with Crippen LogP contribution in [0.1, 0.15) is 28.5 Å². The smallest absolute Gasteiger partial charge is 0.406 e. The quantitative estimate of drug-likeness (QED) is 0.650. The summed E-state index contributed by atoms with van der Waals surface area (Å²) in [5, 5.41) is 12.2. The van der Waals surface area contributed by atoms with E-state index in [1.165, 1.54) is 18.6 Å². The predicted molar refractivity (Wildman–Crippen MR) is 99.1 cm³/mol. The van der Waals surface area contributed by atoms with Gasteiger partial charge in [-0.05, 0) is 36.0 Å². The molecule has 1 aromatic carbocycles. The molecule has 1 saturated heterocycles. The standard InChI is InChI=1S/C19H19F3N4O4/c20-19(21,22)30-13-3-1-10(2-4-13)15(9-27)23-17(29)14-6-16(28)25-18(24-14)26-7-11-5-12(11)8-26/h1-4,6,11-12,15,27H,5,7-9H2,(H,23,29)(H,24,25,28)/t11?,12?,15-/m1/s1. The van der Waals surface area contributed by atoms with E-state index in [4.69, 9.17) is 0 Å². The van der Waals surface area contributed by atoms with Gasteiger partial charge in [-0.25, -0.2) is 4.98 Å². The van der Waals surface area contributed by atoms with Crippen molar-refractivity contribution in [3.63, 3.8) is 0 Å². The van der Waals surface area contributed by atoms with Gasteiger partial charge in [0.15, 0.2) is 0 Å². The van der Waals surface area contributed by atoms with Gasteiger partial charge in [-0.1, -0.05) is 12.1 Å². The summed E-state index contributed by atoms with van der Waals surface area (Å²) in [6.07, 6.45) is -3.64. The second-order valence-electron chi connectivity index (χ2n) is 7.44. The van der Waals surface area contributed by atoms with Crippen molar-refractivity contribution in [3.05, 3.63) is 51.9 Å². The minimum absolute atomic E-state index is 0.107. The SMILES string of the molecule is O=C(N[C@H](CO)c1ccc(OC(F)(F)F)cc1)c1cc(=O)[nH]c(N2CC3CC3C2)n1. The zero-order valence-electron chi connectivity index (χ0n) is 15.6. The van der Waals surface area contributed by atoms with Crippen LogP contribution in [0.4, 0.5) is 19.1 Å². The van der Waals surface area contributed by atoms with Crippen molar-refractivity contribution >= 4 is 11.9 Å². The van der Waals surface area contributed by atoms with Gasteiger partial charge in [0.05, 0.1) is 12.6 Å². The number of alkyl halides is 3. The number of carbonyl (C=O) groups excluding carboxylic acids is 1. The molecule has 1 aromatic heterocycles. The first-order valence-corrected chi connectivity index (χ1v) is 9.35. The molecule has 11 heteroatoms. The first-order valence-electron chi connectivity index (χ1n) is 9.35. The fourth-order valence-corrected chi connectivity index (χ4v) is 3.65. The second-order valence-corrected chi connectivity index (χ2v) is 7.44. The second kappa shape index (κ2) is 7.63. The number of fused-ring (bicyclic) bond motifs is 1. The number of hydrogen-bond acceptors (Lipinski definition) is 6. The Morgan fingerprint density at radius 2 is 1.97 bits per heavy atom. The van der Waals surface area contributed by atoms with E-state index in [2.05, 4.69) is 20.0 Å². The number of ether oxygens (including phenoxy) is 1. The maximum absolute atomic E-state index is 12.6. The van der Waals surface area contributed by atoms with Gasteiger partial charge in [0, 0.05) is 19.2 Å². The van der Waals surface area contributed by atoms with E-state index in [9.17, 15) is 27.9 Å². The maximum Gasteiger partial charge on any atom is 0.573 e. The van der Waals surface area contributed by atoms with Crippen molar-refractivity contribution in [1.82, 2.24) is 15.3 Å². The average molecular weight is 424 g/mol. The van der Waals surface area contributed by atoms with E-state index < -0.39 is 36.2 Å². The summed E-state index contributed by atoms with van der Waals surface area (Å²) in [7, 11) is 0. The average Bonchev–Trinajstić information content (AvgIpc) is 3.30. The van der Waals surface area contributed by atoms with Gasteiger partial charge in [0.2, 0.25) is 5.95 Å². The molecule has 2 unspecified atom stereocenters. The Balaban J connectivity index is 1.46. The number of nitrogens with zero attached hydrogens (tertiary/aromatic N) is 2.